The first-order valence-corrected chi connectivity index (χ1v) is 9.49. The summed E-state index contributed by atoms with van der Waals surface area (Å²) < 4.78 is 22.4. The molecule has 0 fully saturated rings. The summed E-state index contributed by atoms with van der Waals surface area (Å²) in [7, 11) is -3.70. The molecule has 1 amide bonds. The SMILES string of the molecule is CC(NC(=O)CSc1ccccc1)c1ccc(S(N)(=O)=O)cc1. The number of benzene rings is 2. The van der Waals surface area contributed by atoms with Crippen LogP contribution in [0.4, 0.5) is 0 Å². The van der Waals surface area contributed by atoms with Gasteiger partial charge in [0.2, 0.25) is 15.9 Å². The number of nitrogens with one attached hydrogen (secondary N) is 1. The van der Waals surface area contributed by atoms with Gasteiger partial charge in [-0.25, -0.2) is 13.6 Å². The minimum absolute atomic E-state index is 0.0550. The molecule has 0 aliphatic carbocycles. The number of primary sulfonamides is 1. The van der Waals surface area contributed by atoms with Crippen LogP contribution in [0.1, 0.15) is 18.5 Å². The molecule has 5 nitrogen and oxygen atoms in total. The summed E-state index contributed by atoms with van der Waals surface area (Å²) >= 11 is 1.46. The van der Waals surface area contributed by atoms with Crippen molar-refractivity contribution >= 4 is 27.7 Å². The summed E-state index contributed by atoms with van der Waals surface area (Å²) in [6, 6.07) is 15.6. The van der Waals surface area contributed by atoms with Crippen LogP contribution in [0.5, 0.6) is 0 Å². The molecule has 2 aromatic rings. The second-order valence-corrected chi connectivity index (χ2v) is 7.62. The van der Waals surface area contributed by atoms with E-state index in [0.29, 0.717) is 5.75 Å². The molecule has 0 aliphatic rings. The fraction of sp³-hybridized carbons (Fsp3) is 0.188. The number of hydrogen-bond donors (Lipinski definition) is 2. The van der Waals surface area contributed by atoms with Crippen molar-refractivity contribution < 1.29 is 13.2 Å². The van der Waals surface area contributed by atoms with E-state index in [0.717, 1.165) is 10.5 Å². The molecule has 0 saturated heterocycles. The van der Waals surface area contributed by atoms with Crippen LogP contribution in [0.2, 0.25) is 0 Å². The van der Waals surface area contributed by atoms with Crippen LogP contribution < -0.4 is 10.5 Å². The van der Waals surface area contributed by atoms with Crippen LogP contribution in [0.3, 0.4) is 0 Å². The molecule has 0 spiro atoms. The van der Waals surface area contributed by atoms with Gasteiger partial charge in [0.15, 0.2) is 0 Å². The van der Waals surface area contributed by atoms with E-state index < -0.39 is 10.0 Å². The van der Waals surface area contributed by atoms with E-state index >= 15 is 0 Å². The zero-order valence-corrected chi connectivity index (χ0v) is 14.2. The van der Waals surface area contributed by atoms with Crippen molar-refractivity contribution in [2.45, 2.75) is 22.8 Å². The lowest BCUT2D eigenvalue weighted by atomic mass is 10.1. The van der Waals surface area contributed by atoms with Gasteiger partial charge in [0, 0.05) is 4.90 Å². The van der Waals surface area contributed by atoms with Gasteiger partial charge in [0.1, 0.15) is 0 Å². The summed E-state index contributed by atoms with van der Waals surface area (Å²) in [6.45, 7) is 1.84. The zero-order chi connectivity index (χ0) is 16.9. The number of amides is 1. The Labute approximate surface area is 140 Å². The van der Waals surface area contributed by atoms with Crippen LogP contribution in [0.15, 0.2) is 64.4 Å². The van der Waals surface area contributed by atoms with Gasteiger partial charge < -0.3 is 5.32 Å². The maximum Gasteiger partial charge on any atom is 0.238 e. The maximum atomic E-state index is 12.0. The lowest BCUT2D eigenvalue weighted by Crippen LogP contribution is -2.28. The molecule has 122 valence electrons. The second-order valence-electron chi connectivity index (χ2n) is 5.00. The third-order valence-corrected chi connectivity index (χ3v) is 5.14. The van der Waals surface area contributed by atoms with Crippen molar-refractivity contribution in [3.8, 4) is 0 Å². The van der Waals surface area contributed by atoms with E-state index in [2.05, 4.69) is 5.32 Å². The Hall–Kier alpha value is -1.83. The highest BCUT2D eigenvalue weighted by atomic mass is 32.2. The van der Waals surface area contributed by atoms with Crippen LogP contribution >= 0.6 is 11.8 Å². The molecule has 0 heterocycles. The highest BCUT2D eigenvalue weighted by Gasteiger charge is 2.12. The minimum atomic E-state index is -3.70. The Morgan fingerprint density at radius 2 is 1.74 bits per heavy atom. The van der Waals surface area contributed by atoms with E-state index in [-0.39, 0.29) is 16.8 Å². The van der Waals surface area contributed by atoms with Crippen molar-refractivity contribution in [3.63, 3.8) is 0 Å². The summed E-state index contributed by atoms with van der Waals surface area (Å²) in [4.78, 5) is 13.1. The second kappa shape index (κ2) is 7.63. The lowest BCUT2D eigenvalue weighted by Gasteiger charge is -2.14. The van der Waals surface area contributed by atoms with Gasteiger partial charge in [0.05, 0.1) is 16.7 Å². The first-order chi connectivity index (χ1) is 10.9. The molecule has 23 heavy (non-hydrogen) atoms. The fourth-order valence-electron chi connectivity index (χ4n) is 1.98. The summed E-state index contributed by atoms with van der Waals surface area (Å²) in [6.07, 6.45) is 0. The first kappa shape index (κ1) is 17.5. The van der Waals surface area contributed by atoms with Crippen LogP contribution in [0.25, 0.3) is 0 Å². The summed E-state index contributed by atoms with van der Waals surface area (Å²) in [5.74, 6) is 0.241. The van der Waals surface area contributed by atoms with Crippen molar-refractivity contribution in [3.05, 3.63) is 60.2 Å². The van der Waals surface area contributed by atoms with E-state index in [4.69, 9.17) is 5.14 Å². The van der Waals surface area contributed by atoms with Crippen molar-refractivity contribution in [2.75, 3.05) is 5.75 Å². The molecule has 2 aromatic carbocycles. The Morgan fingerprint density at radius 1 is 1.13 bits per heavy atom. The topological polar surface area (TPSA) is 89.3 Å². The normalized spacial score (nSPS) is 12.6. The Morgan fingerprint density at radius 3 is 2.30 bits per heavy atom. The third-order valence-electron chi connectivity index (χ3n) is 3.20. The molecule has 3 N–H and O–H groups in total. The largest absolute Gasteiger partial charge is 0.349 e. The van der Waals surface area contributed by atoms with Crippen LogP contribution in [-0.2, 0) is 14.8 Å². The number of carbonyl (C=O) groups excluding carboxylic acids is 1. The van der Waals surface area contributed by atoms with Crippen molar-refractivity contribution in [1.29, 1.82) is 0 Å². The standard InChI is InChI=1S/C16H18N2O3S2/c1-12(13-7-9-15(10-8-13)23(17,20)21)18-16(19)11-22-14-5-3-2-4-6-14/h2-10,12H,11H2,1H3,(H,18,19)(H2,17,20,21). The number of rotatable bonds is 6. The Balaban J connectivity index is 1.90. The minimum Gasteiger partial charge on any atom is -0.349 e. The molecule has 0 saturated carbocycles. The van der Waals surface area contributed by atoms with Gasteiger partial charge in [0.25, 0.3) is 0 Å². The van der Waals surface area contributed by atoms with E-state index in [1.807, 2.05) is 37.3 Å². The molecular weight excluding hydrogens is 332 g/mol. The van der Waals surface area contributed by atoms with E-state index in [9.17, 15) is 13.2 Å². The van der Waals surface area contributed by atoms with Crippen LogP contribution in [-0.4, -0.2) is 20.1 Å². The van der Waals surface area contributed by atoms with Gasteiger partial charge in [-0.2, -0.15) is 0 Å². The predicted octanol–water partition coefficient (Wildman–Crippen LogP) is 2.30. The van der Waals surface area contributed by atoms with Gasteiger partial charge in [-0.05, 0) is 36.8 Å². The molecule has 0 aliphatic heterocycles. The molecule has 7 heteroatoms. The zero-order valence-electron chi connectivity index (χ0n) is 12.6. The lowest BCUT2D eigenvalue weighted by molar-refractivity contribution is -0.119. The first-order valence-electron chi connectivity index (χ1n) is 6.96. The maximum absolute atomic E-state index is 12.0. The Bertz CT molecular complexity index is 760. The predicted molar refractivity (Wildman–Crippen MR) is 91.5 cm³/mol. The van der Waals surface area contributed by atoms with E-state index in [1.54, 1.807) is 12.1 Å². The smallest absolute Gasteiger partial charge is 0.238 e. The number of carbonyl (C=O) groups is 1. The number of hydrogen-bond acceptors (Lipinski definition) is 4. The molecule has 1 atom stereocenters. The highest BCUT2D eigenvalue weighted by molar-refractivity contribution is 8.00. The summed E-state index contributed by atoms with van der Waals surface area (Å²) in [5.41, 5.74) is 0.815. The number of sulfonamides is 1. The van der Waals surface area contributed by atoms with Gasteiger partial charge >= 0.3 is 0 Å². The highest BCUT2D eigenvalue weighted by Crippen LogP contribution is 2.18. The number of thioether (sulfide) groups is 1. The van der Waals surface area contributed by atoms with Gasteiger partial charge in [-0.3, -0.25) is 4.79 Å². The average Bonchev–Trinajstić information content (AvgIpc) is 2.53. The van der Waals surface area contributed by atoms with Crippen LogP contribution in [0, 0.1) is 0 Å². The van der Waals surface area contributed by atoms with Gasteiger partial charge in [-0.1, -0.05) is 30.3 Å². The van der Waals surface area contributed by atoms with Crippen molar-refractivity contribution in [1.82, 2.24) is 5.32 Å². The molecule has 0 radical (unpaired) electrons. The quantitative estimate of drug-likeness (QED) is 0.782. The average molecular weight is 350 g/mol. The van der Waals surface area contributed by atoms with E-state index in [1.165, 1.54) is 23.9 Å². The molecule has 0 aromatic heterocycles. The molecule has 0 bridgehead atoms. The monoisotopic (exact) mass is 350 g/mol. The number of nitrogens with two attached hydrogens (primary N) is 1. The van der Waals surface area contributed by atoms with Gasteiger partial charge in [-0.15, -0.1) is 11.8 Å². The van der Waals surface area contributed by atoms with Crippen molar-refractivity contribution in [2.24, 2.45) is 5.14 Å². The Kier molecular flexibility index (Phi) is 5.81. The molecule has 2 rings (SSSR count). The summed E-state index contributed by atoms with van der Waals surface area (Å²) in [5, 5.41) is 7.94. The molecular formula is C16H18N2O3S2. The third kappa shape index (κ3) is 5.38. The molecule has 1 unspecified atom stereocenters. The fourth-order valence-corrected chi connectivity index (χ4v) is 3.22.